The Bertz CT molecular complexity index is 711. The Kier molecular flexibility index (Phi) is 3.56. The van der Waals surface area contributed by atoms with Gasteiger partial charge in [0.1, 0.15) is 11.5 Å². The Balaban J connectivity index is 1.98. The lowest BCUT2D eigenvalue weighted by atomic mass is 10.1. The van der Waals surface area contributed by atoms with Crippen molar-refractivity contribution in [2.24, 2.45) is 0 Å². The van der Waals surface area contributed by atoms with Gasteiger partial charge in [-0.15, -0.1) is 0 Å². The molecule has 4 heteroatoms. The number of nitrogens with one attached hydrogen (secondary N) is 1. The fourth-order valence-electron chi connectivity index (χ4n) is 2.54. The van der Waals surface area contributed by atoms with E-state index < -0.39 is 0 Å². The van der Waals surface area contributed by atoms with Gasteiger partial charge >= 0.3 is 0 Å². The molecule has 2 heterocycles. The molecule has 2 aromatic heterocycles. The Morgan fingerprint density at radius 1 is 1.30 bits per heavy atom. The lowest BCUT2D eigenvalue weighted by Crippen LogP contribution is -2.13. The molecule has 0 radical (unpaired) electrons. The number of para-hydroxylation sites is 1. The highest BCUT2D eigenvalue weighted by atomic mass is 16.5. The third kappa shape index (κ3) is 2.47. The van der Waals surface area contributed by atoms with Crippen LogP contribution in [0.3, 0.4) is 0 Å². The van der Waals surface area contributed by atoms with Crippen LogP contribution < -0.4 is 5.32 Å². The first-order valence-electron chi connectivity index (χ1n) is 6.97. The summed E-state index contributed by atoms with van der Waals surface area (Å²) in [6, 6.07) is 10.6. The SMILES string of the molecule is CCNCc1cccc2ccn(Cc3cc(C)on3)c12. The zero-order chi connectivity index (χ0) is 13.9. The van der Waals surface area contributed by atoms with Gasteiger partial charge in [-0.3, -0.25) is 0 Å². The van der Waals surface area contributed by atoms with Gasteiger partial charge < -0.3 is 14.4 Å². The second-order valence-corrected chi connectivity index (χ2v) is 5.01. The molecular formula is C16H19N3O. The Morgan fingerprint density at radius 2 is 2.20 bits per heavy atom. The van der Waals surface area contributed by atoms with Gasteiger partial charge in [-0.25, -0.2) is 0 Å². The molecule has 104 valence electrons. The second kappa shape index (κ2) is 5.51. The minimum Gasteiger partial charge on any atom is -0.361 e. The molecule has 0 saturated carbocycles. The predicted molar refractivity (Wildman–Crippen MR) is 79.7 cm³/mol. The van der Waals surface area contributed by atoms with Gasteiger partial charge in [-0.1, -0.05) is 30.3 Å². The summed E-state index contributed by atoms with van der Waals surface area (Å²) in [6.45, 7) is 6.64. The highest BCUT2D eigenvalue weighted by Crippen LogP contribution is 2.21. The van der Waals surface area contributed by atoms with Gasteiger partial charge in [0, 0.05) is 18.8 Å². The quantitative estimate of drug-likeness (QED) is 0.774. The van der Waals surface area contributed by atoms with Gasteiger partial charge in [-0.2, -0.15) is 0 Å². The smallest absolute Gasteiger partial charge is 0.133 e. The first-order valence-corrected chi connectivity index (χ1v) is 6.97. The highest BCUT2D eigenvalue weighted by Gasteiger charge is 2.08. The summed E-state index contributed by atoms with van der Waals surface area (Å²) < 4.78 is 7.38. The van der Waals surface area contributed by atoms with E-state index in [9.17, 15) is 0 Å². The molecule has 0 amide bonds. The Labute approximate surface area is 118 Å². The number of nitrogens with zero attached hydrogens (tertiary/aromatic N) is 2. The van der Waals surface area contributed by atoms with E-state index in [1.54, 1.807) is 0 Å². The maximum atomic E-state index is 5.14. The van der Waals surface area contributed by atoms with Crippen LogP contribution in [-0.2, 0) is 13.1 Å². The number of benzene rings is 1. The molecule has 3 rings (SSSR count). The number of hydrogen-bond acceptors (Lipinski definition) is 3. The minimum atomic E-state index is 0.740. The van der Waals surface area contributed by atoms with Gasteiger partial charge in [0.25, 0.3) is 0 Å². The molecule has 4 nitrogen and oxygen atoms in total. The zero-order valence-electron chi connectivity index (χ0n) is 11.9. The Hall–Kier alpha value is -2.07. The third-order valence-electron chi connectivity index (χ3n) is 3.45. The fourth-order valence-corrected chi connectivity index (χ4v) is 2.54. The standard InChI is InChI=1S/C16H19N3O/c1-3-17-10-14-6-4-5-13-7-8-19(16(13)14)11-15-9-12(2)20-18-15/h4-9,17H,3,10-11H2,1-2H3. The minimum absolute atomic E-state index is 0.740. The van der Waals surface area contributed by atoms with E-state index in [1.165, 1.54) is 16.5 Å². The van der Waals surface area contributed by atoms with Crippen molar-refractivity contribution >= 4 is 10.9 Å². The molecule has 0 unspecified atom stereocenters. The molecule has 0 atom stereocenters. The maximum absolute atomic E-state index is 5.14. The first kappa shape index (κ1) is 12.9. The van der Waals surface area contributed by atoms with Crippen LogP contribution in [0.5, 0.6) is 0 Å². The molecule has 0 bridgehead atoms. The van der Waals surface area contributed by atoms with Crippen LogP contribution in [0.2, 0.25) is 0 Å². The summed E-state index contributed by atoms with van der Waals surface area (Å²) in [4.78, 5) is 0. The molecule has 1 N–H and O–H groups in total. The largest absolute Gasteiger partial charge is 0.361 e. The summed E-state index contributed by atoms with van der Waals surface area (Å²) in [5.74, 6) is 0.851. The summed E-state index contributed by atoms with van der Waals surface area (Å²) in [7, 11) is 0. The van der Waals surface area contributed by atoms with E-state index in [-0.39, 0.29) is 0 Å². The van der Waals surface area contributed by atoms with Crippen molar-refractivity contribution in [2.45, 2.75) is 26.9 Å². The van der Waals surface area contributed by atoms with Crippen LogP contribution in [0.1, 0.15) is 23.9 Å². The number of rotatable bonds is 5. The van der Waals surface area contributed by atoms with Crippen LogP contribution in [0.4, 0.5) is 0 Å². The fraction of sp³-hybridized carbons (Fsp3) is 0.312. The third-order valence-corrected chi connectivity index (χ3v) is 3.45. The van der Waals surface area contributed by atoms with Crippen molar-refractivity contribution in [3.63, 3.8) is 0 Å². The van der Waals surface area contributed by atoms with Gasteiger partial charge in [0.15, 0.2) is 0 Å². The summed E-state index contributed by atoms with van der Waals surface area (Å²) in [5.41, 5.74) is 3.54. The van der Waals surface area contributed by atoms with E-state index in [0.717, 1.165) is 31.1 Å². The van der Waals surface area contributed by atoms with E-state index in [0.29, 0.717) is 0 Å². The Morgan fingerprint density at radius 3 is 2.95 bits per heavy atom. The lowest BCUT2D eigenvalue weighted by molar-refractivity contribution is 0.389. The van der Waals surface area contributed by atoms with Crippen molar-refractivity contribution in [3.05, 3.63) is 53.5 Å². The lowest BCUT2D eigenvalue weighted by Gasteiger charge is -2.09. The molecule has 0 saturated heterocycles. The second-order valence-electron chi connectivity index (χ2n) is 5.01. The van der Waals surface area contributed by atoms with Crippen molar-refractivity contribution in [3.8, 4) is 0 Å². The molecule has 0 spiro atoms. The predicted octanol–water partition coefficient (Wildman–Crippen LogP) is 3.10. The van der Waals surface area contributed by atoms with E-state index in [1.807, 2.05) is 13.0 Å². The van der Waals surface area contributed by atoms with Crippen molar-refractivity contribution in [2.75, 3.05) is 6.54 Å². The maximum Gasteiger partial charge on any atom is 0.133 e. The summed E-state index contributed by atoms with van der Waals surface area (Å²) in [6.07, 6.45) is 2.12. The number of aryl methyl sites for hydroxylation is 1. The molecule has 0 aliphatic carbocycles. The van der Waals surface area contributed by atoms with Gasteiger partial charge in [-0.05, 0) is 30.5 Å². The summed E-state index contributed by atoms with van der Waals surface area (Å²) in [5, 5.41) is 8.74. The van der Waals surface area contributed by atoms with Crippen LogP contribution in [0, 0.1) is 6.92 Å². The van der Waals surface area contributed by atoms with Gasteiger partial charge in [0.05, 0.1) is 12.1 Å². The normalized spacial score (nSPS) is 11.3. The van der Waals surface area contributed by atoms with Crippen molar-refractivity contribution in [1.82, 2.24) is 15.0 Å². The number of aromatic nitrogens is 2. The molecule has 1 aromatic carbocycles. The van der Waals surface area contributed by atoms with Gasteiger partial charge in [0.2, 0.25) is 0 Å². The molecule has 0 fully saturated rings. The first-order chi connectivity index (χ1) is 9.78. The molecule has 20 heavy (non-hydrogen) atoms. The summed E-state index contributed by atoms with van der Waals surface area (Å²) >= 11 is 0. The number of fused-ring (bicyclic) bond motifs is 1. The highest BCUT2D eigenvalue weighted by molar-refractivity contribution is 5.83. The average molecular weight is 269 g/mol. The van der Waals surface area contributed by atoms with Crippen molar-refractivity contribution < 1.29 is 4.52 Å². The van der Waals surface area contributed by atoms with Crippen LogP contribution in [0.25, 0.3) is 10.9 Å². The van der Waals surface area contributed by atoms with E-state index in [4.69, 9.17) is 4.52 Å². The van der Waals surface area contributed by atoms with E-state index >= 15 is 0 Å². The topological polar surface area (TPSA) is 43.0 Å². The average Bonchev–Trinajstić information content (AvgIpc) is 3.04. The van der Waals surface area contributed by atoms with Crippen molar-refractivity contribution in [1.29, 1.82) is 0 Å². The van der Waals surface area contributed by atoms with E-state index in [2.05, 4.69) is 52.4 Å². The molecule has 0 aliphatic heterocycles. The monoisotopic (exact) mass is 269 g/mol. The van der Waals surface area contributed by atoms with Crippen LogP contribution >= 0.6 is 0 Å². The van der Waals surface area contributed by atoms with Crippen LogP contribution in [0.15, 0.2) is 41.1 Å². The molecule has 3 aromatic rings. The molecular weight excluding hydrogens is 250 g/mol. The zero-order valence-corrected chi connectivity index (χ0v) is 11.9. The molecule has 0 aliphatic rings. The van der Waals surface area contributed by atoms with Crippen LogP contribution in [-0.4, -0.2) is 16.3 Å². The number of hydrogen-bond donors (Lipinski definition) is 1.